The van der Waals surface area contributed by atoms with Crippen molar-refractivity contribution in [3.63, 3.8) is 0 Å². The fourth-order valence-electron chi connectivity index (χ4n) is 1.52. The molecule has 2 rings (SSSR count). The number of urea groups is 1. The van der Waals surface area contributed by atoms with Crippen LogP contribution in [0.5, 0.6) is 0 Å². The number of nitrogens with zero attached hydrogens (tertiary/aromatic N) is 4. The zero-order chi connectivity index (χ0) is 10.1. The maximum atomic E-state index is 11.6. The van der Waals surface area contributed by atoms with Gasteiger partial charge in [-0.2, -0.15) is 0 Å². The van der Waals surface area contributed by atoms with E-state index in [9.17, 15) is 4.79 Å². The number of carbonyl (C=O) groups is 1. The molecule has 14 heavy (non-hydrogen) atoms. The molecule has 0 saturated heterocycles. The number of aromatic nitrogens is 2. The molecule has 0 bridgehead atoms. The Bertz CT molecular complexity index is 339. The number of amides is 2. The maximum Gasteiger partial charge on any atom is 0.320 e. The summed E-state index contributed by atoms with van der Waals surface area (Å²) in [7, 11) is 3.49. The summed E-state index contributed by atoms with van der Waals surface area (Å²) in [6.45, 7) is 1.21. The van der Waals surface area contributed by atoms with Gasteiger partial charge in [0.15, 0.2) is 0 Å². The lowest BCUT2D eigenvalue weighted by molar-refractivity contribution is 0.171. The first-order chi connectivity index (χ1) is 6.68. The van der Waals surface area contributed by atoms with Crippen molar-refractivity contribution in [1.29, 1.82) is 0 Å². The molecule has 0 saturated carbocycles. The maximum absolute atomic E-state index is 11.6. The van der Waals surface area contributed by atoms with Crippen LogP contribution < -0.4 is 0 Å². The predicted octanol–water partition coefficient (Wildman–Crippen LogP) is 0.474. The van der Waals surface area contributed by atoms with Crippen LogP contribution in [0.2, 0.25) is 0 Å². The van der Waals surface area contributed by atoms with Crippen LogP contribution in [-0.2, 0) is 13.1 Å². The number of rotatable bonds is 0. The zero-order valence-electron chi connectivity index (χ0n) is 8.27. The van der Waals surface area contributed by atoms with Crippen LogP contribution >= 0.6 is 0 Å². The molecule has 0 spiro atoms. The minimum atomic E-state index is 0.0167. The van der Waals surface area contributed by atoms with Crippen molar-refractivity contribution < 1.29 is 4.79 Å². The number of fused-ring (bicyclic) bond motifs is 1. The van der Waals surface area contributed by atoms with E-state index in [1.807, 2.05) is 0 Å². The standard InChI is InChI=1S/C9H12N4O/c1-12(2)9(14)13-4-7-3-10-6-11-8(7)5-13/h3,6H,4-5H2,1-2H3. The van der Waals surface area contributed by atoms with Crippen molar-refractivity contribution in [2.75, 3.05) is 14.1 Å². The molecular formula is C9H12N4O. The normalized spacial score (nSPS) is 14.0. The second-order valence-corrected chi connectivity index (χ2v) is 3.53. The van der Waals surface area contributed by atoms with Crippen molar-refractivity contribution >= 4 is 6.03 Å². The molecule has 0 fully saturated rings. The molecule has 0 N–H and O–H groups in total. The summed E-state index contributed by atoms with van der Waals surface area (Å²) in [4.78, 5) is 23.0. The van der Waals surface area contributed by atoms with Gasteiger partial charge in [0.25, 0.3) is 0 Å². The highest BCUT2D eigenvalue weighted by Crippen LogP contribution is 2.19. The van der Waals surface area contributed by atoms with Gasteiger partial charge in [-0.25, -0.2) is 14.8 Å². The van der Waals surface area contributed by atoms with Gasteiger partial charge in [-0.15, -0.1) is 0 Å². The van der Waals surface area contributed by atoms with Crippen molar-refractivity contribution in [1.82, 2.24) is 19.8 Å². The minimum absolute atomic E-state index is 0.0167. The third-order valence-corrected chi connectivity index (χ3v) is 2.24. The summed E-state index contributed by atoms with van der Waals surface area (Å²) < 4.78 is 0. The lowest BCUT2D eigenvalue weighted by Gasteiger charge is -2.20. The Morgan fingerprint density at radius 3 is 2.93 bits per heavy atom. The van der Waals surface area contributed by atoms with E-state index >= 15 is 0 Å². The van der Waals surface area contributed by atoms with Gasteiger partial charge in [0.2, 0.25) is 0 Å². The van der Waals surface area contributed by atoms with Gasteiger partial charge in [-0.1, -0.05) is 0 Å². The quantitative estimate of drug-likeness (QED) is 0.600. The highest BCUT2D eigenvalue weighted by atomic mass is 16.2. The molecule has 74 valence electrons. The van der Waals surface area contributed by atoms with Crippen molar-refractivity contribution in [3.8, 4) is 0 Å². The van der Waals surface area contributed by atoms with E-state index in [1.165, 1.54) is 6.33 Å². The molecule has 1 aliphatic rings. The molecule has 2 heterocycles. The first-order valence-electron chi connectivity index (χ1n) is 4.42. The highest BCUT2D eigenvalue weighted by Gasteiger charge is 2.25. The largest absolute Gasteiger partial charge is 0.331 e. The van der Waals surface area contributed by atoms with Crippen LogP contribution in [0.15, 0.2) is 12.5 Å². The number of hydrogen-bond acceptors (Lipinski definition) is 3. The Kier molecular flexibility index (Phi) is 2.07. The monoisotopic (exact) mass is 192 g/mol. The Morgan fingerprint density at radius 2 is 2.29 bits per heavy atom. The van der Waals surface area contributed by atoms with E-state index in [1.54, 1.807) is 30.1 Å². The van der Waals surface area contributed by atoms with Crippen molar-refractivity contribution in [2.24, 2.45) is 0 Å². The van der Waals surface area contributed by atoms with Crippen molar-refractivity contribution in [3.05, 3.63) is 23.8 Å². The molecule has 1 aromatic rings. The van der Waals surface area contributed by atoms with Crippen LogP contribution in [0.4, 0.5) is 4.79 Å². The molecule has 5 nitrogen and oxygen atoms in total. The Balaban J connectivity index is 2.16. The molecule has 1 aromatic heterocycles. The second kappa shape index (κ2) is 3.25. The summed E-state index contributed by atoms with van der Waals surface area (Å²) in [5, 5.41) is 0. The van der Waals surface area contributed by atoms with E-state index in [0.29, 0.717) is 13.1 Å². The first kappa shape index (κ1) is 8.93. The van der Waals surface area contributed by atoms with Crippen LogP contribution in [0.25, 0.3) is 0 Å². The first-order valence-corrected chi connectivity index (χ1v) is 4.42. The molecule has 0 aromatic carbocycles. The summed E-state index contributed by atoms with van der Waals surface area (Å²) in [6, 6.07) is 0.0167. The topological polar surface area (TPSA) is 49.3 Å². The smallest absolute Gasteiger partial charge is 0.320 e. The fourth-order valence-corrected chi connectivity index (χ4v) is 1.52. The van der Waals surface area contributed by atoms with E-state index in [4.69, 9.17) is 0 Å². The molecule has 5 heteroatoms. The van der Waals surface area contributed by atoms with Gasteiger partial charge in [-0.05, 0) is 0 Å². The SMILES string of the molecule is CN(C)C(=O)N1Cc2cncnc2C1. The molecule has 0 atom stereocenters. The fraction of sp³-hybridized carbons (Fsp3) is 0.444. The lowest BCUT2D eigenvalue weighted by Crippen LogP contribution is -2.35. The van der Waals surface area contributed by atoms with Crippen LogP contribution in [0.1, 0.15) is 11.3 Å². The highest BCUT2D eigenvalue weighted by molar-refractivity contribution is 5.74. The predicted molar refractivity (Wildman–Crippen MR) is 50.4 cm³/mol. The van der Waals surface area contributed by atoms with Gasteiger partial charge >= 0.3 is 6.03 Å². The van der Waals surface area contributed by atoms with E-state index in [2.05, 4.69) is 9.97 Å². The molecule has 1 aliphatic heterocycles. The lowest BCUT2D eigenvalue weighted by atomic mass is 10.3. The van der Waals surface area contributed by atoms with Gasteiger partial charge in [0.1, 0.15) is 6.33 Å². The van der Waals surface area contributed by atoms with Gasteiger partial charge in [-0.3, -0.25) is 0 Å². The Morgan fingerprint density at radius 1 is 1.50 bits per heavy atom. The summed E-state index contributed by atoms with van der Waals surface area (Å²) in [5.74, 6) is 0. The van der Waals surface area contributed by atoms with Crippen molar-refractivity contribution in [2.45, 2.75) is 13.1 Å². The third-order valence-electron chi connectivity index (χ3n) is 2.24. The summed E-state index contributed by atoms with van der Waals surface area (Å²) in [5.41, 5.74) is 2.00. The molecule has 2 amide bonds. The average molecular weight is 192 g/mol. The van der Waals surface area contributed by atoms with Gasteiger partial charge in [0, 0.05) is 25.9 Å². The van der Waals surface area contributed by atoms with E-state index < -0.39 is 0 Å². The summed E-state index contributed by atoms with van der Waals surface area (Å²) >= 11 is 0. The van der Waals surface area contributed by atoms with Gasteiger partial charge in [0.05, 0.1) is 18.8 Å². The minimum Gasteiger partial charge on any atom is -0.331 e. The average Bonchev–Trinajstić information content (AvgIpc) is 2.59. The molecular weight excluding hydrogens is 180 g/mol. The van der Waals surface area contributed by atoms with Crippen LogP contribution in [0.3, 0.4) is 0 Å². The Hall–Kier alpha value is -1.65. The number of carbonyl (C=O) groups excluding carboxylic acids is 1. The third kappa shape index (κ3) is 1.41. The zero-order valence-corrected chi connectivity index (χ0v) is 8.27. The summed E-state index contributed by atoms with van der Waals surface area (Å²) in [6.07, 6.45) is 3.29. The van der Waals surface area contributed by atoms with E-state index in [-0.39, 0.29) is 6.03 Å². The van der Waals surface area contributed by atoms with E-state index in [0.717, 1.165) is 11.3 Å². The Labute approximate surface area is 82.4 Å². The van der Waals surface area contributed by atoms with Crippen LogP contribution in [0, 0.1) is 0 Å². The number of hydrogen-bond donors (Lipinski definition) is 0. The molecule has 0 aliphatic carbocycles. The van der Waals surface area contributed by atoms with Gasteiger partial charge < -0.3 is 9.80 Å². The molecule has 0 radical (unpaired) electrons. The second-order valence-electron chi connectivity index (χ2n) is 3.53. The molecule has 0 unspecified atom stereocenters. The van der Waals surface area contributed by atoms with Crippen LogP contribution in [-0.4, -0.2) is 39.9 Å².